The predicted octanol–water partition coefficient (Wildman–Crippen LogP) is 2.60. The first-order chi connectivity index (χ1) is 8.40. The van der Waals surface area contributed by atoms with Crippen molar-refractivity contribution < 1.29 is 9.84 Å². The van der Waals surface area contributed by atoms with Crippen LogP contribution < -0.4 is 4.74 Å². The summed E-state index contributed by atoms with van der Waals surface area (Å²) >= 11 is 0. The standard InChI is InChI=1S/C15H25NO2/c1-12-10-13(6-7-14(12)18-5)11-16(4)15(2,3)8-9-17/h6-7,10,17H,8-9,11H2,1-5H3. The lowest BCUT2D eigenvalue weighted by molar-refractivity contribution is 0.110. The molecule has 102 valence electrons. The van der Waals surface area contributed by atoms with Gasteiger partial charge in [0.2, 0.25) is 0 Å². The molecule has 18 heavy (non-hydrogen) atoms. The molecule has 1 aromatic rings. The number of nitrogens with zero attached hydrogens (tertiary/aromatic N) is 1. The van der Waals surface area contributed by atoms with Gasteiger partial charge in [0.25, 0.3) is 0 Å². The molecule has 3 heteroatoms. The van der Waals surface area contributed by atoms with E-state index < -0.39 is 0 Å². The van der Waals surface area contributed by atoms with Crippen molar-refractivity contribution in [2.24, 2.45) is 0 Å². The minimum atomic E-state index is 0.00256. The highest BCUT2D eigenvalue weighted by Gasteiger charge is 2.22. The van der Waals surface area contributed by atoms with Gasteiger partial charge < -0.3 is 9.84 Å². The maximum Gasteiger partial charge on any atom is 0.121 e. The third kappa shape index (κ3) is 3.72. The molecule has 0 fully saturated rings. The van der Waals surface area contributed by atoms with Crippen molar-refractivity contribution in [1.82, 2.24) is 4.90 Å². The zero-order valence-electron chi connectivity index (χ0n) is 12.2. The topological polar surface area (TPSA) is 32.7 Å². The number of methoxy groups -OCH3 is 1. The minimum Gasteiger partial charge on any atom is -0.496 e. The van der Waals surface area contributed by atoms with E-state index in [4.69, 9.17) is 9.84 Å². The SMILES string of the molecule is COc1ccc(CN(C)C(C)(C)CCO)cc1C. The summed E-state index contributed by atoms with van der Waals surface area (Å²) in [7, 11) is 3.79. The zero-order chi connectivity index (χ0) is 13.8. The Kier molecular flexibility index (Phi) is 5.17. The average molecular weight is 251 g/mol. The highest BCUT2D eigenvalue weighted by atomic mass is 16.5. The van der Waals surface area contributed by atoms with Crippen LogP contribution in [0.25, 0.3) is 0 Å². The summed E-state index contributed by atoms with van der Waals surface area (Å²) in [6, 6.07) is 6.26. The van der Waals surface area contributed by atoms with Crippen LogP contribution in [-0.2, 0) is 6.54 Å². The Morgan fingerprint density at radius 1 is 1.33 bits per heavy atom. The molecular weight excluding hydrogens is 226 g/mol. The van der Waals surface area contributed by atoms with E-state index in [1.807, 2.05) is 6.07 Å². The third-order valence-corrected chi connectivity index (χ3v) is 3.64. The van der Waals surface area contributed by atoms with Crippen LogP contribution in [0.4, 0.5) is 0 Å². The van der Waals surface area contributed by atoms with Crippen LogP contribution in [0.5, 0.6) is 5.75 Å². The van der Waals surface area contributed by atoms with Crippen LogP contribution >= 0.6 is 0 Å². The summed E-state index contributed by atoms with van der Waals surface area (Å²) in [5.41, 5.74) is 2.42. The third-order valence-electron chi connectivity index (χ3n) is 3.64. The second kappa shape index (κ2) is 6.21. The van der Waals surface area contributed by atoms with Crippen molar-refractivity contribution in [2.75, 3.05) is 20.8 Å². The van der Waals surface area contributed by atoms with Gasteiger partial charge in [-0.05, 0) is 51.4 Å². The maximum atomic E-state index is 9.09. The lowest BCUT2D eigenvalue weighted by Crippen LogP contribution is -2.41. The maximum absolute atomic E-state index is 9.09. The Bertz CT molecular complexity index is 388. The first-order valence-corrected chi connectivity index (χ1v) is 6.36. The summed E-state index contributed by atoms with van der Waals surface area (Å²) in [5, 5.41) is 9.09. The van der Waals surface area contributed by atoms with Crippen molar-refractivity contribution in [3.63, 3.8) is 0 Å². The molecule has 1 rings (SSSR count). The molecule has 0 heterocycles. The van der Waals surface area contributed by atoms with Gasteiger partial charge in [0.1, 0.15) is 5.75 Å². The minimum absolute atomic E-state index is 0.00256. The van der Waals surface area contributed by atoms with Gasteiger partial charge in [-0.25, -0.2) is 0 Å². The molecular formula is C15H25NO2. The van der Waals surface area contributed by atoms with Crippen LogP contribution in [0.2, 0.25) is 0 Å². The monoisotopic (exact) mass is 251 g/mol. The van der Waals surface area contributed by atoms with E-state index in [0.29, 0.717) is 0 Å². The van der Waals surface area contributed by atoms with Crippen LogP contribution in [-0.4, -0.2) is 36.3 Å². The molecule has 0 radical (unpaired) electrons. The quantitative estimate of drug-likeness (QED) is 0.843. The molecule has 0 aromatic heterocycles. The van der Waals surface area contributed by atoms with Crippen LogP contribution in [0.15, 0.2) is 18.2 Å². The number of aliphatic hydroxyl groups is 1. The van der Waals surface area contributed by atoms with E-state index in [1.54, 1.807) is 7.11 Å². The van der Waals surface area contributed by atoms with Gasteiger partial charge in [-0.2, -0.15) is 0 Å². The average Bonchev–Trinajstić information content (AvgIpc) is 2.29. The van der Waals surface area contributed by atoms with E-state index in [0.717, 1.165) is 24.3 Å². The number of aryl methyl sites for hydroxylation is 1. The van der Waals surface area contributed by atoms with Gasteiger partial charge in [0, 0.05) is 18.7 Å². The lowest BCUT2D eigenvalue weighted by Gasteiger charge is -2.35. The Morgan fingerprint density at radius 2 is 2.00 bits per heavy atom. The highest BCUT2D eigenvalue weighted by Crippen LogP contribution is 2.23. The molecule has 0 unspecified atom stereocenters. The van der Waals surface area contributed by atoms with E-state index in [1.165, 1.54) is 5.56 Å². The summed E-state index contributed by atoms with van der Waals surface area (Å²) in [6.07, 6.45) is 0.776. The first kappa shape index (κ1) is 15.0. The van der Waals surface area contributed by atoms with Gasteiger partial charge >= 0.3 is 0 Å². The van der Waals surface area contributed by atoms with Gasteiger partial charge in [0.15, 0.2) is 0 Å². The molecule has 1 N–H and O–H groups in total. The Balaban J connectivity index is 2.76. The Labute approximate surface area is 110 Å². The zero-order valence-corrected chi connectivity index (χ0v) is 12.2. The normalized spacial score (nSPS) is 11.9. The van der Waals surface area contributed by atoms with Gasteiger partial charge in [-0.3, -0.25) is 4.90 Å². The number of ether oxygens (including phenoxy) is 1. The van der Waals surface area contributed by atoms with E-state index >= 15 is 0 Å². The predicted molar refractivity (Wildman–Crippen MR) is 75.0 cm³/mol. The summed E-state index contributed by atoms with van der Waals surface area (Å²) < 4.78 is 5.26. The fraction of sp³-hybridized carbons (Fsp3) is 0.600. The summed E-state index contributed by atoms with van der Waals surface area (Å²) in [4.78, 5) is 2.27. The molecule has 3 nitrogen and oxygen atoms in total. The van der Waals surface area contributed by atoms with Crippen LogP contribution in [0.1, 0.15) is 31.4 Å². The smallest absolute Gasteiger partial charge is 0.121 e. The molecule has 0 spiro atoms. The van der Waals surface area contributed by atoms with Crippen molar-refractivity contribution in [1.29, 1.82) is 0 Å². The van der Waals surface area contributed by atoms with E-state index in [2.05, 4.69) is 44.9 Å². The van der Waals surface area contributed by atoms with Crippen molar-refractivity contribution in [3.05, 3.63) is 29.3 Å². The number of benzene rings is 1. The van der Waals surface area contributed by atoms with Gasteiger partial charge in [0.05, 0.1) is 7.11 Å². The van der Waals surface area contributed by atoms with E-state index in [9.17, 15) is 0 Å². The molecule has 0 aliphatic carbocycles. The molecule has 0 amide bonds. The number of hydrogen-bond donors (Lipinski definition) is 1. The first-order valence-electron chi connectivity index (χ1n) is 6.36. The second-order valence-corrected chi connectivity index (χ2v) is 5.45. The molecule has 0 atom stereocenters. The summed E-state index contributed by atoms with van der Waals surface area (Å²) in [5.74, 6) is 0.927. The summed E-state index contributed by atoms with van der Waals surface area (Å²) in [6.45, 7) is 7.46. The lowest BCUT2D eigenvalue weighted by atomic mass is 9.98. The molecule has 1 aromatic carbocycles. The largest absolute Gasteiger partial charge is 0.496 e. The van der Waals surface area contributed by atoms with E-state index in [-0.39, 0.29) is 12.1 Å². The molecule has 0 saturated heterocycles. The fourth-order valence-electron chi connectivity index (χ4n) is 1.99. The van der Waals surface area contributed by atoms with Gasteiger partial charge in [-0.15, -0.1) is 0 Å². The van der Waals surface area contributed by atoms with Crippen LogP contribution in [0, 0.1) is 6.92 Å². The Hall–Kier alpha value is -1.06. The van der Waals surface area contributed by atoms with Crippen molar-refractivity contribution >= 4 is 0 Å². The van der Waals surface area contributed by atoms with Crippen molar-refractivity contribution in [3.8, 4) is 5.75 Å². The highest BCUT2D eigenvalue weighted by molar-refractivity contribution is 5.36. The fourth-order valence-corrected chi connectivity index (χ4v) is 1.99. The van der Waals surface area contributed by atoms with Gasteiger partial charge in [-0.1, -0.05) is 12.1 Å². The number of hydrogen-bond acceptors (Lipinski definition) is 3. The number of rotatable bonds is 6. The molecule has 0 aliphatic rings. The molecule has 0 bridgehead atoms. The second-order valence-electron chi connectivity index (χ2n) is 5.45. The van der Waals surface area contributed by atoms with Crippen molar-refractivity contribution in [2.45, 2.75) is 39.3 Å². The molecule has 0 saturated carbocycles. The Morgan fingerprint density at radius 3 is 2.50 bits per heavy atom. The molecule has 0 aliphatic heterocycles. The number of aliphatic hydroxyl groups excluding tert-OH is 1. The van der Waals surface area contributed by atoms with Crippen LogP contribution in [0.3, 0.4) is 0 Å².